The second kappa shape index (κ2) is 4.96. The highest BCUT2D eigenvalue weighted by Gasteiger charge is 2.51. The van der Waals surface area contributed by atoms with Crippen molar-refractivity contribution in [2.45, 2.75) is 45.3 Å². The lowest BCUT2D eigenvalue weighted by Gasteiger charge is -2.44. The monoisotopic (exact) mass is 278 g/mol. The number of carbonyl (C=O) groups excluding carboxylic acids is 1. The fourth-order valence-corrected chi connectivity index (χ4v) is 2.91. The molecule has 1 aliphatic heterocycles. The van der Waals surface area contributed by atoms with Gasteiger partial charge in [0.2, 0.25) is 5.91 Å². The number of halogens is 3. The molecule has 1 heterocycles. The van der Waals surface area contributed by atoms with Crippen molar-refractivity contribution in [1.29, 1.82) is 0 Å². The third kappa shape index (κ3) is 3.84. The molecule has 0 aromatic heterocycles. The van der Waals surface area contributed by atoms with E-state index in [4.69, 9.17) is 0 Å². The van der Waals surface area contributed by atoms with Gasteiger partial charge < -0.3 is 5.32 Å². The highest BCUT2D eigenvalue weighted by atomic mass is 19.4. The second-order valence-electron chi connectivity index (χ2n) is 6.42. The minimum absolute atomic E-state index is 0.0660. The molecule has 1 saturated heterocycles. The number of hydrogen-bond donors (Lipinski definition) is 1. The summed E-state index contributed by atoms with van der Waals surface area (Å²) in [7, 11) is 0. The molecular formula is C13H21F3N2O. The molecule has 2 rings (SSSR count). The molecule has 2 aliphatic rings. The summed E-state index contributed by atoms with van der Waals surface area (Å²) >= 11 is 0. The Hall–Kier alpha value is -0.780. The van der Waals surface area contributed by atoms with E-state index < -0.39 is 17.5 Å². The van der Waals surface area contributed by atoms with Crippen molar-refractivity contribution in [3.63, 3.8) is 0 Å². The van der Waals surface area contributed by atoms with Crippen LogP contribution in [0.1, 0.15) is 33.1 Å². The maximum absolute atomic E-state index is 12.9. The fourth-order valence-electron chi connectivity index (χ4n) is 2.91. The maximum atomic E-state index is 12.9. The van der Waals surface area contributed by atoms with Gasteiger partial charge in [-0.2, -0.15) is 13.2 Å². The summed E-state index contributed by atoms with van der Waals surface area (Å²) in [4.78, 5) is 13.5. The molecule has 1 atom stereocenters. The molecule has 0 radical (unpaired) electrons. The molecule has 1 aliphatic carbocycles. The number of nitrogens with zero attached hydrogens (tertiary/aromatic N) is 1. The van der Waals surface area contributed by atoms with Crippen LogP contribution in [0.25, 0.3) is 0 Å². The first-order chi connectivity index (χ1) is 8.68. The molecule has 1 N–H and O–H groups in total. The molecule has 3 nitrogen and oxygen atoms in total. The summed E-state index contributed by atoms with van der Waals surface area (Å²) in [5.41, 5.74) is -0.837. The lowest BCUT2D eigenvalue weighted by molar-refractivity contribution is -0.216. The number of amides is 1. The number of rotatable bonds is 3. The molecule has 0 aromatic carbocycles. The Balaban J connectivity index is 1.88. The predicted octanol–water partition coefficient (Wildman–Crippen LogP) is 2.18. The van der Waals surface area contributed by atoms with E-state index in [1.54, 1.807) is 13.8 Å². The van der Waals surface area contributed by atoms with Gasteiger partial charge >= 0.3 is 6.18 Å². The van der Waals surface area contributed by atoms with Crippen LogP contribution in [0.2, 0.25) is 0 Å². The lowest BCUT2D eigenvalue weighted by atomic mass is 9.73. The van der Waals surface area contributed by atoms with Gasteiger partial charge in [-0.3, -0.25) is 9.69 Å². The number of piperidine rings is 1. The smallest absolute Gasteiger partial charge is 0.352 e. The quantitative estimate of drug-likeness (QED) is 0.858. The van der Waals surface area contributed by atoms with Crippen LogP contribution in [0.15, 0.2) is 0 Å². The first-order valence-corrected chi connectivity index (χ1v) is 6.77. The van der Waals surface area contributed by atoms with E-state index in [9.17, 15) is 18.0 Å². The SMILES string of the molecule is CC1(C)CN(CC(=O)NC2CC2)CCC1C(F)(F)F. The molecule has 0 aromatic rings. The van der Waals surface area contributed by atoms with Crippen LogP contribution >= 0.6 is 0 Å². The maximum Gasteiger partial charge on any atom is 0.392 e. The van der Waals surface area contributed by atoms with Crippen molar-refractivity contribution in [3.05, 3.63) is 0 Å². The first kappa shape index (κ1) is 14.6. The van der Waals surface area contributed by atoms with E-state index in [2.05, 4.69) is 5.32 Å². The Morgan fingerprint density at radius 1 is 1.32 bits per heavy atom. The zero-order chi connectivity index (χ0) is 14.3. The van der Waals surface area contributed by atoms with Crippen molar-refractivity contribution in [3.8, 4) is 0 Å². The van der Waals surface area contributed by atoms with Gasteiger partial charge in [-0.1, -0.05) is 13.8 Å². The van der Waals surface area contributed by atoms with E-state index >= 15 is 0 Å². The van der Waals surface area contributed by atoms with Gasteiger partial charge in [0.1, 0.15) is 0 Å². The number of alkyl halides is 3. The Bertz CT molecular complexity index is 350. The highest BCUT2D eigenvalue weighted by molar-refractivity contribution is 5.78. The van der Waals surface area contributed by atoms with Crippen LogP contribution in [-0.4, -0.2) is 42.7 Å². The van der Waals surface area contributed by atoms with E-state index in [-0.39, 0.29) is 18.9 Å². The molecule has 19 heavy (non-hydrogen) atoms. The third-order valence-corrected chi connectivity index (χ3v) is 4.01. The van der Waals surface area contributed by atoms with Gasteiger partial charge in [-0.05, 0) is 31.2 Å². The molecule has 2 fully saturated rings. The molecular weight excluding hydrogens is 257 g/mol. The predicted molar refractivity (Wildman–Crippen MR) is 65.5 cm³/mol. The zero-order valence-electron chi connectivity index (χ0n) is 11.4. The Morgan fingerprint density at radius 3 is 2.42 bits per heavy atom. The van der Waals surface area contributed by atoms with Gasteiger partial charge in [0, 0.05) is 12.6 Å². The third-order valence-electron chi connectivity index (χ3n) is 4.01. The van der Waals surface area contributed by atoms with Crippen LogP contribution < -0.4 is 5.32 Å². The standard InChI is InChI=1S/C13H21F3N2O/c1-12(2)8-18(6-5-10(12)13(14,15)16)7-11(19)17-9-3-4-9/h9-10H,3-8H2,1-2H3,(H,17,19). The molecule has 1 unspecified atom stereocenters. The minimum atomic E-state index is -4.15. The molecule has 110 valence electrons. The van der Waals surface area contributed by atoms with Crippen LogP contribution in [0.5, 0.6) is 0 Å². The summed E-state index contributed by atoms with van der Waals surface area (Å²) in [6.07, 6.45) is -2.03. The van der Waals surface area contributed by atoms with Crippen LogP contribution in [-0.2, 0) is 4.79 Å². The van der Waals surface area contributed by atoms with Crippen molar-refractivity contribution in [1.82, 2.24) is 10.2 Å². The Morgan fingerprint density at radius 2 is 1.95 bits per heavy atom. The summed E-state index contributed by atoms with van der Waals surface area (Å²) in [5.74, 6) is -1.34. The molecule has 1 saturated carbocycles. The Labute approximate surface area is 111 Å². The van der Waals surface area contributed by atoms with Crippen molar-refractivity contribution in [2.24, 2.45) is 11.3 Å². The number of carbonyl (C=O) groups is 1. The van der Waals surface area contributed by atoms with E-state index in [1.165, 1.54) is 0 Å². The average molecular weight is 278 g/mol. The van der Waals surface area contributed by atoms with Crippen molar-refractivity contribution >= 4 is 5.91 Å². The van der Waals surface area contributed by atoms with E-state index in [1.807, 2.05) is 4.90 Å². The van der Waals surface area contributed by atoms with Gasteiger partial charge in [0.15, 0.2) is 0 Å². The first-order valence-electron chi connectivity index (χ1n) is 6.77. The average Bonchev–Trinajstić information content (AvgIpc) is 2.97. The highest BCUT2D eigenvalue weighted by Crippen LogP contribution is 2.44. The molecule has 6 heteroatoms. The van der Waals surface area contributed by atoms with E-state index in [0.29, 0.717) is 19.1 Å². The summed E-state index contributed by atoms with van der Waals surface area (Å²) in [6, 6.07) is 0.299. The topological polar surface area (TPSA) is 32.3 Å². The zero-order valence-corrected chi connectivity index (χ0v) is 11.4. The van der Waals surface area contributed by atoms with E-state index in [0.717, 1.165) is 12.8 Å². The summed E-state index contributed by atoms with van der Waals surface area (Å²) in [6.45, 7) is 4.14. The molecule has 0 bridgehead atoms. The van der Waals surface area contributed by atoms with Crippen LogP contribution in [0.4, 0.5) is 13.2 Å². The van der Waals surface area contributed by atoms with Crippen molar-refractivity contribution < 1.29 is 18.0 Å². The summed E-state index contributed by atoms with van der Waals surface area (Å²) in [5, 5.41) is 2.87. The second-order valence-corrected chi connectivity index (χ2v) is 6.42. The van der Waals surface area contributed by atoms with Crippen molar-refractivity contribution in [2.75, 3.05) is 19.6 Å². The normalized spacial score (nSPS) is 28.2. The number of nitrogens with one attached hydrogen (secondary N) is 1. The number of hydrogen-bond acceptors (Lipinski definition) is 2. The molecule has 1 amide bonds. The van der Waals surface area contributed by atoms with Crippen LogP contribution in [0.3, 0.4) is 0 Å². The summed E-state index contributed by atoms with van der Waals surface area (Å²) < 4.78 is 38.7. The fraction of sp³-hybridized carbons (Fsp3) is 0.923. The largest absolute Gasteiger partial charge is 0.392 e. The van der Waals surface area contributed by atoms with Gasteiger partial charge in [0.25, 0.3) is 0 Å². The van der Waals surface area contributed by atoms with Gasteiger partial charge in [0.05, 0.1) is 12.5 Å². The van der Waals surface area contributed by atoms with Crippen LogP contribution in [0, 0.1) is 11.3 Å². The van der Waals surface area contributed by atoms with Gasteiger partial charge in [-0.15, -0.1) is 0 Å². The lowest BCUT2D eigenvalue weighted by Crippen LogP contribution is -2.52. The molecule has 0 spiro atoms. The minimum Gasteiger partial charge on any atom is -0.352 e. The number of likely N-dealkylation sites (tertiary alicyclic amines) is 1. The Kier molecular flexibility index (Phi) is 3.82. The van der Waals surface area contributed by atoms with Gasteiger partial charge in [-0.25, -0.2) is 0 Å².